The highest BCUT2D eigenvalue weighted by molar-refractivity contribution is 9.10. The van der Waals surface area contributed by atoms with Gasteiger partial charge < -0.3 is 10.0 Å². The van der Waals surface area contributed by atoms with Crippen LogP contribution in [0.3, 0.4) is 0 Å². The lowest BCUT2D eigenvalue weighted by Gasteiger charge is -2.20. The molecule has 2 aromatic carbocycles. The van der Waals surface area contributed by atoms with Crippen molar-refractivity contribution < 1.29 is 9.90 Å². The predicted octanol–water partition coefficient (Wildman–Crippen LogP) is 4.31. The Bertz CT molecular complexity index is 638. The minimum atomic E-state index is -0.956. The Kier molecular flexibility index (Phi) is 4.58. The molecule has 0 saturated heterocycles. The molecule has 0 aromatic heterocycles. The van der Waals surface area contributed by atoms with E-state index < -0.39 is 5.97 Å². The Morgan fingerprint density at radius 3 is 2.45 bits per heavy atom. The average Bonchev–Trinajstić information content (AvgIpc) is 2.46. The minimum absolute atomic E-state index is 0.831. The van der Waals surface area contributed by atoms with Crippen molar-refractivity contribution in [2.24, 2.45) is 0 Å². The van der Waals surface area contributed by atoms with Crippen LogP contribution in [-0.4, -0.2) is 18.1 Å². The molecule has 0 radical (unpaired) electrons. The number of carboxylic acid groups (broad SMARTS) is 1. The summed E-state index contributed by atoms with van der Waals surface area (Å²) in [4.78, 5) is 12.6. The van der Waals surface area contributed by atoms with E-state index in [2.05, 4.69) is 20.8 Å². The Hall–Kier alpha value is -2.07. The summed E-state index contributed by atoms with van der Waals surface area (Å²) in [6.07, 6.45) is 2.69. The number of benzene rings is 2. The van der Waals surface area contributed by atoms with Crippen molar-refractivity contribution in [1.29, 1.82) is 0 Å². The third-order valence-electron chi connectivity index (χ3n) is 2.92. The molecule has 0 aliphatic carbocycles. The lowest BCUT2D eigenvalue weighted by Crippen LogP contribution is -2.09. The highest BCUT2D eigenvalue weighted by Crippen LogP contribution is 2.28. The zero-order chi connectivity index (χ0) is 14.5. The number of carbonyl (C=O) groups is 1. The summed E-state index contributed by atoms with van der Waals surface area (Å²) in [6, 6.07) is 15.8. The van der Waals surface area contributed by atoms with E-state index in [0.29, 0.717) is 0 Å². The molecule has 1 N–H and O–H groups in total. The van der Waals surface area contributed by atoms with Crippen molar-refractivity contribution in [3.05, 3.63) is 64.6 Å². The van der Waals surface area contributed by atoms with Gasteiger partial charge in [-0.3, -0.25) is 0 Å². The van der Waals surface area contributed by atoms with Gasteiger partial charge in [0.1, 0.15) is 0 Å². The van der Waals surface area contributed by atoms with Gasteiger partial charge in [-0.05, 0) is 35.9 Å². The van der Waals surface area contributed by atoms with Crippen molar-refractivity contribution in [3.8, 4) is 0 Å². The van der Waals surface area contributed by atoms with E-state index in [1.54, 1.807) is 6.08 Å². The molecule has 2 aromatic rings. The second kappa shape index (κ2) is 6.39. The van der Waals surface area contributed by atoms with Gasteiger partial charge in [0.25, 0.3) is 0 Å². The average molecular weight is 332 g/mol. The van der Waals surface area contributed by atoms with Crippen molar-refractivity contribution in [2.45, 2.75) is 0 Å². The molecule has 0 saturated carbocycles. The fraction of sp³-hybridized carbons (Fsp3) is 0.0625. The van der Waals surface area contributed by atoms with E-state index in [4.69, 9.17) is 5.11 Å². The van der Waals surface area contributed by atoms with Crippen LogP contribution in [-0.2, 0) is 4.79 Å². The van der Waals surface area contributed by atoms with E-state index in [0.717, 1.165) is 27.5 Å². The largest absolute Gasteiger partial charge is 0.478 e. The number of anilines is 2. The summed E-state index contributed by atoms with van der Waals surface area (Å²) >= 11 is 3.47. The van der Waals surface area contributed by atoms with Gasteiger partial charge in [-0.2, -0.15) is 0 Å². The first-order valence-corrected chi connectivity index (χ1v) is 6.86. The third kappa shape index (κ3) is 3.48. The SMILES string of the molecule is CN(c1ccccc1)c1ccc(/C=C/C(=O)O)c(Br)c1. The number of halogens is 1. The third-order valence-corrected chi connectivity index (χ3v) is 3.61. The standard InChI is InChI=1S/C16H14BrNO2/c1-18(13-5-3-2-4-6-13)14-9-7-12(15(17)11-14)8-10-16(19)20/h2-11H,1H3,(H,19,20)/b10-8+. The van der Waals surface area contributed by atoms with Crippen molar-refractivity contribution in [2.75, 3.05) is 11.9 Å². The normalized spacial score (nSPS) is 10.7. The fourth-order valence-corrected chi connectivity index (χ4v) is 2.32. The first-order valence-electron chi connectivity index (χ1n) is 6.07. The number of aliphatic carboxylic acids is 1. The molecule has 2 rings (SSSR count). The summed E-state index contributed by atoms with van der Waals surface area (Å²) in [5.74, 6) is -0.956. The summed E-state index contributed by atoms with van der Waals surface area (Å²) in [7, 11) is 1.99. The lowest BCUT2D eigenvalue weighted by atomic mass is 10.1. The van der Waals surface area contributed by atoms with E-state index in [-0.39, 0.29) is 0 Å². The number of para-hydroxylation sites is 1. The Morgan fingerprint density at radius 1 is 1.15 bits per heavy atom. The number of carboxylic acids is 1. The van der Waals surface area contributed by atoms with Gasteiger partial charge >= 0.3 is 5.97 Å². The maximum atomic E-state index is 10.5. The van der Waals surface area contributed by atoms with Gasteiger partial charge in [0.2, 0.25) is 0 Å². The molecular formula is C16H14BrNO2. The van der Waals surface area contributed by atoms with Gasteiger partial charge in [-0.25, -0.2) is 4.79 Å². The van der Waals surface area contributed by atoms with E-state index in [1.807, 2.05) is 55.6 Å². The number of rotatable bonds is 4. The van der Waals surface area contributed by atoms with Crippen LogP contribution < -0.4 is 4.90 Å². The van der Waals surface area contributed by atoms with Crippen LogP contribution in [0, 0.1) is 0 Å². The van der Waals surface area contributed by atoms with Gasteiger partial charge in [0.05, 0.1) is 0 Å². The van der Waals surface area contributed by atoms with Gasteiger partial charge in [0, 0.05) is 29.0 Å². The molecular weight excluding hydrogens is 318 g/mol. The molecule has 0 aliphatic rings. The topological polar surface area (TPSA) is 40.5 Å². The molecule has 102 valence electrons. The van der Waals surface area contributed by atoms with Gasteiger partial charge in [-0.1, -0.05) is 40.2 Å². The monoisotopic (exact) mass is 331 g/mol. The highest BCUT2D eigenvalue weighted by atomic mass is 79.9. The summed E-state index contributed by atoms with van der Waals surface area (Å²) in [6.45, 7) is 0. The van der Waals surface area contributed by atoms with Crippen LogP contribution in [0.2, 0.25) is 0 Å². The van der Waals surface area contributed by atoms with Crippen molar-refractivity contribution in [1.82, 2.24) is 0 Å². The summed E-state index contributed by atoms with van der Waals surface area (Å²) in [5, 5.41) is 8.65. The molecule has 0 aliphatic heterocycles. The van der Waals surface area contributed by atoms with Gasteiger partial charge in [-0.15, -0.1) is 0 Å². The van der Waals surface area contributed by atoms with Crippen LogP contribution in [0.1, 0.15) is 5.56 Å². The van der Waals surface area contributed by atoms with Crippen LogP contribution in [0.5, 0.6) is 0 Å². The molecule has 0 fully saturated rings. The van der Waals surface area contributed by atoms with Crippen LogP contribution in [0.25, 0.3) is 6.08 Å². The van der Waals surface area contributed by atoms with E-state index in [1.165, 1.54) is 0 Å². The number of hydrogen-bond acceptors (Lipinski definition) is 2. The van der Waals surface area contributed by atoms with Crippen LogP contribution >= 0.6 is 15.9 Å². The van der Waals surface area contributed by atoms with Crippen molar-refractivity contribution in [3.63, 3.8) is 0 Å². The van der Waals surface area contributed by atoms with E-state index in [9.17, 15) is 4.79 Å². The lowest BCUT2D eigenvalue weighted by molar-refractivity contribution is -0.131. The maximum Gasteiger partial charge on any atom is 0.328 e. The Morgan fingerprint density at radius 2 is 1.85 bits per heavy atom. The molecule has 0 spiro atoms. The second-order valence-electron chi connectivity index (χ2n) is 4.27. The predicted molar refractivity (Wildman–Crippen MR) is 85.3 cm³/mol. The Labute approximate surface area is 126 Å². The minimum Gasteiger partial charge on any atom is -0.478 e. The summed E-state index contributed by atoms with van der Waals surface area (Å²) < 4.78 is 0.857. The molecule has 0 heterocycles. The molecule has 3 nitrogen and oxygen atoms in total. The molecule has 20 heavy (non-hydrogen) atoms. The zero-order valence-corrected chi connectivity index (χ0v) is 12.5. The first kappa shape index (κ1) is 14.3. The fourth-order valence-electron chi connectivity index (χ4n) is 1.82. The van der Waals surface area contributed by atoms with Crippen LogP contribution in [0.4, 0.5) is 11.4 Å². The van der Waals surface area contributed by atoms with Crippen molar-refractivity contribution >= 4 is 39.4 Å². The molecule has 0 atom stereocenters. The Balaban J connectivity index is 2.27. The molecule has 0 bridgehead atoms. The maximum absolute atomic E-state index is 10.5. The van der Waals surface area contributed by atoms with E-state index >= 15 is 0 Å². The molecule has 0 unspecified atom stereocenters. The van der Waals surface area contributed by atoms with Gasteiger partial charge in [0.15, 0.2) is 0 Å². The highest BCUT2D eigenvalue weighted by Gasteiger charge is 2.05. The quantitative estimate of drug-likeness (QED) is 0.848. The molecule has 0 amide bonds. The second-order valence-corrected chi connectivity index (χ2v) is 5.13. The number of hydrogen-bond donors (Lipinski definition) is 1. The van der Waals surface area contributed by atoms with Crippen LogP contribution in [0.15, 0.2) is 59.1 Å². The summed E-state index contributed by atoms with van der Waals surface area (Å²) in [5.41, 5.74) is 2.95. The number of nitrogens with zero attached hydrogens (tertiary/aromatic N) is 1. The smallest absolute Gasteiger partial charge is 0.328 e. The first-order chi connectivity index (χ1) is 9.58. The zero-order valence-electron chi connectivity index (χ0n) is 11.0. The molecule has 4 heteroatoms.